The normalized spacial score (nSPS) is 24.8. The lowest BCUT2D eigenvalue weighted by atomic mass is 9.90. The zero-order valence-electron chi connectivity index (χ0n) is 10.0. The highest BCUT2D eigenvalue weighted by atomic mass is 14.9. The Morgan fingerprint density at radius 3 is 2.88 bits per heavy atom. The quantitative estimate of drug-likeness (QED) is 0.773. The molecule has 1 saturated carbocycles. The smallest absolute Gasteiger partial charge is 0.115 e. The number of nitrogens with one attached hydrogen (secondary N) is 1. The van der Waals surface area contributed by atoms with Gasteiger partial charge in [0.15, 0.2) is 0 Å². The first-order valence-electron chi connectivity index (χ1n) is 6.37. The standard InChI is InChI=1S/C13H21N3/c1-2-6-14-7-11-4-3-5-13(11)12-8-15-10-16-9-12/h8-11,13-14H,2-7H2,1H3. The van der Waals surface area contributed by atoms with Gasteiger partial charge in [-0.05, 0) is 49.8 Å². The zero-order valence-corrected chi connectivity index (χ0v) is 10.0. The molecule has 0 radical (unpaired) electrons. The van der Waals surface area contributed by atoms with E-state index in [0.717, 1.165) is 19.0 Å². The van der Waals surface area contributed by atoms with E-state index in [9.17, 15) is 0 Å². The van der Waals surface area contributed by atoms with Crippen LogP contribution in [0, 0.1) is 5.92 Å². The van der Waals surface area contributed by atoms with E-state index < -0.39 is 0 Å². The third-order valence-corrected chi connectivity index (χ3v) is 3.50. The highest BCUT2D eigenvalue weighted by molar-refractivity contribution is 5.13. The second-order valence-corrected chi connectivity index (χ2v) is 4.67. The van der Waals surface area contributed by atoms with Crippen LogP contribution in [0.25, 0.3) is 0 Å². The third kappa shape index (κ3) is 2.79. The lowest BCUT2D eigenvalue weighted by Crippen LogP contribution is -2.25. The molecule has 2 rings (SSSR count). The minimum absolute atomic E-state index is 0.672. The summed E-state index contributed by atoms with van der Waals surface area (Å²) in [6, 6.07) is 0. The first-order chi connectivity index (χ1) is 7.92. The van der Waals surface area contributed by atoms with E-state index in [1.165, 1.54) is 31.2 Å². The van der Waals surface area contributed by atoms with Gasteiger partial charge in [0.25, 0.3) is 0 Å². The van der Waals surface area contributed by atoms with Crippen LogP contribution in [0.15, 0.2) is 18.7 Å². The van der Waals surface area contributed by atoms with Gasteiger partial charge in [-0.1, -0.05) is 13.3 Å². The van der Waals surface area contributed by atoms with Crippen LogP contribution in [0.4, 0.5) is 0 Å². The fraction of sp³-hybridized carbons (Fsp3) is 0.692. The van der Waals surface area contributed by atoms with Crippen molar-refractivity contribution in [2.45, 2.75) is 38.5 Å². The summed E-state index contributed by atoms with van der Waals surface area (Å²) >= 11 is 0. The molecule has 0 amide bonds. The van der Waals surface area contributed by atoms with Gasteiger partial charge in [0.05, 0.1) is 0 Å². The van der Waals surface area contributed by atoms with Gasteiger partial charge in [-0.15, -0.1) is 0 Å². The Bertz CT molecular complexity index is 299. The average Bonchev–Trinajstić information content (AvgIpc) is 2.79. The first-order valence-corrected chi connectivity index (χ1v) is 6.37. The van der Waals surface area contributed by atoms with E-state index in [1.807, 2.05) is 12.4 Å². The number of hydrogen-bond donors (Lipinski definition) is 1. The van der Waals surface area contributed by atoms with Crippen LogP contribution in [0.3, 0.4) is 0 Å². The van der Waals surface area contributed by atoms with Crippen molar-refractivity contribution < 1.29 is 0 Å². The second kappa shape index (κ2) is 5.94. The minimum atomic E-state index is 0.672. The van der Waals surface area contributed by atoms with Crippen molar-refractivity contribution >= 4 is 0 Å². The Labute approximate surface area is 97.7 Å². The second-order valence-electron chi connectivity index (χ2n) is 4.67. The Morgan fingerprint density at radius 2 is 2.12 bits per heavy atom. The molecule has 3 nitrogen and oxygen atoms in total. The molecule has 1 aromatic rings. The minimum Gasteiger partial charge on any atom is -0.316 e. The summed E-state index contributed by atoms with van der Waals surface area (Å²) in [5.41, 5.74) is 1.32. The highest BCUT2D eigenvalue weighted by Gasteiger charge is 2.28. The molecule has 2 unspecified atom stereocenters. The van der Waals surface area contributed by atoms with Crippen LogP contribution in [0.2, 0.25) is 0 Å². The van der Waals surface area contributed by atoms with E-state index in [2.05, 4.69) is 22.2 Å². The van der Waals surface area contributed by atoms with Crippen molar-refractivity contribution in [3.8, 4) is 0 Å². The molecule has 0 bridgehead atoms. The van der Waals surface area contributed by atoms with Crippen molar-refractivity contribution in [2.75, 3.05) is 13.1 Å². The van der Waals surface area contributed by atoms with Gasteiger partial charge < -0.3 is 5.32 Å². The predicted octanol–water partition coefficient (Wildman–Crippen LogP) is 2.36. The number of nitrogens with zero attached hydrogens (tertiary/aromatic N) is 2. The van der Waals surface area contributed by atoms with Gasteiger partial charge in [0.2, 0.25) is 0 Å². The lowest BCUT2D eigenvalue weighted by Gasteiger charge is -2.19. The third-order valence-electron chi connectivity index (χ3n) is 3.50. The van der Waals surface area contributed by atoms with Crippen molar-refractivity contribution in [3.63, 3.8) is 0 Å². The topological polar surface area (TPSA) is 37.8 Å². The highest BCUT2D eigenvalue weighted by Crippen LogP contribution is 2.38. The Balaban J connectivity index is 1.93. The Kier molecular flexibility index (Phi) is 4.28. The molecule has 0 saturated heterocycles. The van der Waals surface area contributed by atoms with Crippen LogP contribution in [-0.2, 0) is 0 Å². The van der Waals surface area contributed by atoms with E-state index in [1.54, 1.807) is 6.33 Å². The number of aromatic nitrogens is 2. The molecule has 1 heterocycles. The molecule has 1 N–H and O–H groups in total. The summed E-state index contributed by atoms with van der Waals surface area (Å²) in [6.07, 6.45) is 10.8. The summed E-state index contributed by atoms with van der Waals surface area (Å²) in [4.78, 5) is 8.26. The number of rotatable bonds is 5. The zero-order chi connectivity index (χ0) is 11.2. The monoisotopic (exact) mass is 219 g/mol. The van der Waals surface area contributed by atoms with Crippen LogP contribution in [0.5, 0.6) is 0 Å². The van der Waals surface area contributed by atoms with Gasteiger partial charge in [-0.2, -0.15) is 0 Å². The first kappa shape index (κ1) is 11.5. The van der Waals surface area contributed by atoms with Gasteiger partial charge in [0.1, 0.15) is 6.33 Å². The summed E-state index contributed by atoms with van der Waals surface area (Å²) < 4.78 is 0. The average molecular weight is 219 g/mol. The largest absolute Gasteiger partial charge is 0.316 e. The molecule has 3 heteroatoms. The van der Waals surface area contributed by atoms with Crippen molar-refractivity contribution in [1.82, 2.24) is 15.3 Å². The molecule has 88 valence electrons. The van der Waals surface area contributed by atoms with E-state index in [0.29, 0.717) is 5.92 Å². The lowest BCUT2D eigenvalue weighted by molar-refractivity contribution is 0.443. The van der Waals surface area contributed by atoms with Crippen molar-refractivity contribution in [1.29, 1.82) is 0 Å². The van der Waals surface area contributed by atoms with Crippen LogP contribution < -0.4 is 5.32 Å². The molecule has 16 heavy (non-hydrogen) atoms. The maximum Gasteiger partial charge on any atom is 0.115 e. The summed E-state index contributed by atoms with van der Waals surface area (Å²) in [6.45, 7) is 4.49. The summed E-state index contributed by atoms with van der Waals surface area (Å²) in [5, 5.41) is 3.54. The van der Waals surface area contributed by atoms with Gasteiger partial charge in [-0.3, -0.25) is 0 Å². The van der Waals surface area contributed by atoms with Crippen molar-refractivity contribution in [3.05, 3.63) is 24.3 Å². The molecular weight excluding hydrogens is 198 g/mol. The molecule has 1 fully saturated rings. The Hall–Kier alpha value is -0.960. The maximum atomic E-state index is 4.13. The molecule has 2 atom stereocenters. The molecule has 0 aromatic carbocycles. The molecule has 0 spiro atoms. The van der Waals surface area contributed by atoms with E-state index >= 15 is 0 Å². The van der Waals surface area contributed by atoms with E-state index in [-0.39, 0.29) is 0 Å². The Morgan fingerprint density at radius 1 is 1.31 bits per heavy atom. The fourth-order valence-corrected chi connectivity index (χ4v) is 2.69. The SMILES string of the molecule is CCCNCC1CCCC1c1cncnc1. The molecule has 1 aliphatic rings. The molecular formula is C13H21N3. The van der Waals surface area contributed by atoms with Crippen LogP contribution in [-0.4, -0.2) is 23.1 Å². The predicted molar refractivity (Wildman–Crippen MR) is 65.3 cm³/mol. The molecule has 1 aliphatic carbocycles. The molecule has 0 aliphatic heterocycles. The van der Waals surface area contributed by atoms with E-state index in [4.69, 9.17) is 0 Å². The fourth-order valence-electron chi connectivity index (χ4n) is 2.69. The maximum absolute atomic E-state index is 4.13. The number of hydrogen-bond acceptors (Lipinski definition) is 3. The van der Waals surface area contributed by atoms with Crippen LogP contribution >= 0.6 is 0 Å². The van der Waals surface area contributed by atoms with Gasteiger partial charge in [0, 0.05) is 12.4 Å². The summed E-state index contributed by atoms with van der Waals surface area (Å²) in [7, 11) is 0. The van der Waals surface area contributed by atoms with Gasteiger partial charge in [-0.25, -0.2) is 9.97 Å². The molecule has 1 aromatic heterocycles. The summed E-state index contributed by atoms with van der Waals surface area (Å²) in [5.74, 6) is 1.45. The van der Waals surface area contributed by atoms with Crippen molar-refractivity contribution in [2.24, 2.45) is 5.92 Å². The van der Waals surface area contributed by atoms with Gasteiger partial charge >= 0.3 is 0 Å². The van der Waals surface area contributed by atoms with Crippen LogP contribution in [0.1, 0.15) is 44.1 Å².